The smallest absolute Gasteiger partial charge is 0.201 e. The van der Waals surface area contributed by atoms with Gasteiger partial charge >= 0.3 is 0 Å². The number of anilines is 1. The maximum absolute atomic E-state index is 5.88. The fourth-order valence-electron chi connectivity index (χ4n) is 1.80. The zero-order chi connectivity index (χ0) is 11.4. The highest BCUT2D eigenvalue weighted by molar-refractivity contribution is 5.78. The normalized spacial score (nSPS) is 11.1. The summed E-state index contributed by atoms with van der Waals surface area (Å²) in [6.07, 6.45) is 0.957. The van der Waals surface area contributed by atoms with Gasteiger partial charge in [-0.3, -0.25) is 0 Å². The van der Waals surface area contributed by atoms with Crippen molar-refractivity contribution in [2.75, 3.05) is 18.9 Å². The molecule has 1 heterocycles. The Morgan fingerprint density at radius 2 is 2.19 bits per heavy atom. The van der Waals surface area contributed by atoms with E-state index in [0.717, 1.165) is 37.2 Å². The van der Waals surface area contributed by atoms with Crippen molar-refractivity contribution in [2.45, 2.75) is 19.9 Å². The van der Waals surface area contributed by atoms with E-state index in [9.17, 15) is 0 Å². The van der Waals surface area contributed by atoms with Crippen molar-refractivity contribution in [1.82, 2.24) is 9.55 Å². The topological polar surface area (TPSA) is 53.1 Å². The van der Waals surface area contributed by atoms with Gasteiger partial charge in [-0.25, -0.2) is 4.98 Å². The molecule has 0 unspecified atom stereocenters. The SMILES string of the molecule is CCOCCCn1c(N)nc2ccccc21. The molecule has 1 aromatic carbocycles. The lowest BCUT2D eigenvalue weighted by molar-refractivity contribution is 0.142. The van der Waals surface area contributed by atoms with E-state index in [1.165, 1.54) is 0 Å². The third-order valence-corrected chi connectivity index (χ3v) is 2.56. The number of aryl methyl sites for hydroxylation is 1. The molecule has 0 aliphatic rings. The number of imidazole rings is 1. The summed E-state index contributed by atoms with van der Waals surface area (Å²) >= 11 is 0. The van der Waals surface area contributed by atoms with Crippen molar-refractivity contribution in [3.05, 3.63) is 24.3 Å². The number of nitrogens with two attached hydrogens (primary N) is 1. The Labute approximate surface area is 95.0 Å². The maximum atomic E-state index is 5.88. The van der Waals surface area contributed by atoms with Gasteiger partial charge in [0, 0.05) is 19.8 Å². The van der Waals surface area contributed by atoms with Crippen molar-refractivity contribution in [1.29, 1.82) is 0 Å². The summed E-state index contributed by atoms with van der Waals surface area (Å²) in [7, 11) is 0. The van der Waals surface area contributed by atoms with Crippen LogP contribution in [0.15, 0.2) is 24.3 Å². The number of ether oxygens (including phenoxy) is 1. The first-order valence-corrected chi connectivity index (χ1v) is 5.61. The molecular formula is C12H17N3O. The Morgan fingerprint density at radius 3 is 3.00 bits per heavy atom. The molecule has 0 amide bonds. The first-order valence-electron chi connectivity index (χ1n) is 5.61. The minimum Gasteiger partial charge on any atom is -0.382 e. The second-order valence-electron chi connectivity index (χ2n) is 3.66. The van der Waals surface area contributed by atoms with Crippen molar-refractivity contribution < 1.29 is 4.74 Å². The Morgan fingerprint density at radius 1 is 1.38 bits per heavy atom. The van der Waals surface area contributed by atoms with Crippen LogP contribution in [0.25, 0.3) is 11.0 Å². The van der Waals surface area contributed by atoms with Crippen molar-refractivity contribution in [2.24, 2.45) is 0 Å². The van der Waals surface area contributed by atoms with E-state index >= 15 is 0 Å². The molecule has 0 aliphatic heterocycles. The Balaban J connectivity index is 2.13. The lowest BCUT2D eigenvalue weighted by atomic mass is 10.3. The lowest BCUT2D eigenvalue weighted by Gasteiger charge is -2.06. The number of nitrogens with zero attached hydrogens (tertiary/aromatic N) is 2. The van der Waals surface area contributed by atoms with Crippen LogP contribution in [0, 0.1) is 0 Å². The number of para-hydroxylation sites is 2. The standard InChI is InChI=1S/C12H17N3O/c1-2-16-9-5-8-15-11-7-4-3-6-10(11)14-12(15)13/h3-4,6-7H,2,5,8-9H2,1H3,(H2,13,14). The third-order valence-electron chi connectivity index (χ3n) is 2.56. The van der Waals surface area contributed by atoms with Crippen LogP contribution in [-0.4, -0.2) is 22.8 Å². The number of hydrogen-bond donors (Lipinski definition) is 1. The van der Waals surface area contributed by atoms with Crippen LogP contribution in [0.3, 0.4) is 0 Å². The van der Waals surface area contributed by atoms with Crippen LogP contribution in [0.2, 0.25) is 0 Å². The Kier molecular flexibility index (Phi) is 3.41. The van der Waals surface area contributed by atoms with Gasteiger partial charge in [0.2, 0.25) is 5.95 Å². The van der Waals surface area contributed by atoms with Crippen LogP contribution >= 0.6 is 0 Å². The Hall–Kier alpha value is -1.55. The molecule has 0 saturated heterocycles. The highest BCUT2D eigenvalue weighted by Gasteiger charge is 2.06. The van der Waals surface area contributed by atoms with Gasteiger partial charge in [-0.2, -0.15) is 0 Å². The van der Waals surface area contributed by atoms with Gasteiger partial charge in [-0.15, -0.1) is 0 Å². The minimum atomic E-state index is 0.581. The molecule has 16 heavy (non-hydrogen) atoms. The van der Waals surface area contributed by atoms with Crippen LogP contribution in [0.4, 0.5) is 5.95 Å². The molecule has 1 aromatic heterocycles. The highest BCUT2D eigenvalue weighted by Crippen LogP contribution is 2.17. The third kappa shape index (κ3) is 2.17. The molecular weight excluding hydrogens is 202 g/mol. The summed E-state index contributed by atoms with van der Waals surface area (Å²) in [5, 5.41) is 0. The van der Waals surface area contributed by atoms with Crippen molar-refractivity contribution in [3.8, 4) is 0 Å². The second-order valence-corrected chi connectivity index (χ2v) is 3.66. The van der Waals surface area contributed by atoms with Crippen LogP contribution in [0.5, 0.6) is 0 Å². The monoisotopic (exact) mass is 219 g/mol. The molecule has 4 heteroatoms. The van der Waals surface area contributed by atoms with E-state index in [1.54, 1.807) is 0 Å². The molecule has 0 atom stereocenters. The zero-order valence-corrected chi connectivity index (χ0v) is 9.52. The predicted octanol–water partition coefficient (Wildman–Crippen LogP) is 2.05. The first kappa shape index (κ1) is 11.0. The molecule has 0 radical (unpaired) electrons. The second kappa shape index (κ2) is 4.99. The fourth-order valence-corrected chi connectivity index (χ4v) is 1.80. The van der Waals surface area contributed by atoms with Gasteiger partial charge < -0.3 is 15.0 Å². The molecule has 2 aromatic rings. The summed E-state index contributed by atoms with van der Waals surface area (Å²) in [4.78, 5) is 4.31. The van der Waals surface area contributed by atoms with Gasteiger partial charge in [0.1, 0.15) is 0 Å². The van der Waals surface area contributed by atoms with Gasteiger partial charge in [-0.05, 0) is 25.5 Å². The molecule has 0 fully saturated rings. The minimum absolute atomic E-state index is 0.581. The van der Waals surface area contributed by atoms with Gasteiger partial charge in [-0.1, -0.05) is 12.1 Å². The lowest BCUT2D eigenvalue weighted by Crippen LogP contribution is -2.06. The summed E-state index contributed by atoms with van der Waals surface area (Å²) in [6.45, 7) is 4.38. The largest absolute Gasteiger partial charge is 0.382 e. The van der Waals surface area contributed by atoms with Crippen LogP contribution in [-0.2, 0) is 11.3 Å². The van der Waals surface area contributed by atoms with Crippen LogP contribution in [0.1, 0.15) is 13.3 Å². The molecule has 2 N–H and O–H groups in total. The predicted molar refractivity (Wildman–Crippen MR) is 65.3 cm³/mol. The van der Waals surface area contributed by atoms with E-state index < -0.39 is 0 Å². The van der Waals surface area contributed by atoms with Gasteiger partial charge in [0.25, 0.3) is 0 Å². The molecule has 2 rings (SSSR count). The van der Waals surface area contributed by atoms with Crippen molar-refractivity contribution in [3.63, 3.8) is 0 Å². The number of fused-ring (bicyclic) bond motifs is 1. The quantitative estimate of drug-likeness (QED) is 0.783. The first-order chi connectivity index (χ1) is 7.83. The van der Waals surface area contributed by atoms with Gasteiger partial charge in [0.05, 0.1) is 11.0 Å². The van der Waals surface area contributed by atoms with E-state index in [0.29, 0.717) is 5.95 Å². The highest BCUT2D eigenvalue weighted by atomic mass is 16.5. The van der Waals surface area contributed by atoms with E-state index in [1.807, 2.05) is 35.8 Å². The summed E-state index contributed by atoms with van der Waals surface area (Å²) < 4.78 is 7.35. The maximum Gasteiger partial charge on any atom is 0.201 e. The van der Waals surface area contributed by atoms with Gasteiger partial charge in [0.15, 0.2) is 0 Å². The molecule has 0 spiro atoms. The molecule has 4 nitrogen and oxygen atoms in total. The summed E-state index contributed by atoms with van der Waals surface area (Å²) in [6, 6.07) is 7.99. The number of hydrogen-bond acceptors (Lipinski definition) is 3. The molecule has 0 aliphatic carbocycles. The van der Waals surface area contributed by atoms with Crippen molar-refractivity contribution >= 4 is 17.0 Å². The summed E-state index contributed by atoms with van der Waals surface area (Å²) in [5.41, 5.74) is 7.93. The Bertz CT molecular complexity index is 464. The number of aromatic nitrogens is 2. The average Bonchev–Trinajstić information content (AvgIpc) is 2.61. The number of rotatable bonds is 5. The van der Waals surface area contributed by atoms with E-state index in [4.69, 9.17) is 10.5 Å². The van der Waals surface area contributed by atoms with E-state index in [2.05, 4.69) is 4.98 Å². The molecule has 86 valence electrons. The number of nitrogen functional groups attached to an aromatic ring is 1. The molecule has 0 bridgehead atoms. The van der Waals surface area contributed by atoms with Crippen LogP contribution < -0.4 is 5.73 Å². The number of benzene rings is 1. The average molecular weight is 219 g/mol. The zero-order valence-electron chi connectivity index (χ0n) is 9.52. The molecule has 0 saturated carbocycles. The summed E-state index contributed by atoms with van der Waals surface area (Å²) in [5.74, 6) is 0.581. The van der Waals surface area contributed by atoms with E-state index in [-0.39, 0.29) is 0 Å². The fraction of sp³-hybridized carbons (Fsp3) is 0.417.